The first kappa shape index (κ1) is 20.2. The topological polar surface area (TPSA) is 77.1 Å². The lowest BCUT2D eigenvalue weighted by Gasteiger charge is -2.11. The van der Waals surface area contributed by atoms with Crippen LogP contribution in [0.25, 0.3) is 11.0 Å². The number of aromatic amines is 1. The van der Waals surface area contributed by atoms with Crippen LogP contribution in [0.1, 0.15) is 27.9 Å². The highest BCUT2D eigenvalue weighted by atomic mass is 32.2. The maximum absolute atomic E-state index is 12.9. The van der Waals surface area contributed by atoms with Crippen LogP contribution in [0.15, 0.2) is 17.4 Å². The Morgan fingerprint density at radius 3 is 2.50 bits per heavy atom. The second-order valence-corrected chi connectivity index (χ2v) is 7.87. The number of alkyl halides is 2. The molecule has 0 fully saturated rings. The quantitative estimate of drug-likeness (QED) is 0.663. The first-order valence-corrected chi connectivity index (χ1v) is 9.87. The second kappa shape index (κ2) is 7.83. The van der Waals surface area contributed by atoms with Crippen molar-refractivity contribution in [1.29, 1.82) is 0 Å². The Morgan fingerprint density at radius 1 is 1.14 bits per heavy atom. The molecule has 0 amide bonds. The fraction of sp³-hybridized carbons (Fsp3) is 0.368. The third kappa shape index (κ3) is 3.71. The summed E-state index contributed by atoms with van der Waals surface area (Å²) in [5, 5.41) is 0.257. The number of aromatic nitrogens is 3. The molecule has 9 heteroatoms. The molecule has 1 aromatic carbocycles. The van der Waals surface area contributed by atoms with Crippen LogP contribution in [0, 0.1) is 27.7 Å². The van der Waals surface area contributed by atoms with Gasteiger partial charge in [0.1, 0.15) is 11.5 Å². The third-order valence-electron chi connectivity index (χ3n) is 4.57. The Kier molecular flexibility index (Phi) is 5.64. The summed E-state index contributed by atoms with van der Waals surface area (Å²) >= 11 is 0. The molecule has 28 heavy (non-hydrogen) atoms. The number of hydrogen-bond acceptors (Lipinski definition) is 5. The Morgan fingerprint density at radius 2 is 1.86 bits per heavy atom. The van der Waals surface area contributed by atoms with Crippen LogP contribution >= 0.6 is 0 Å². The molecule has 0 saturated carbocycles. The number of methoxy groups -OCH3 is 1. The minimum absolute atomic E-state index is 0.0899. The molecule has 0 spiro atoms. The predicted molar refractivity (Wildman–Crippen MR) is 103 cm³/mol. The number of pyridine rings is 1. The lowest BCUT2D eigenvalue weighted by Crippen LogP contribution is -2.05. The summed E-state index contributed by atoms with van der Waals surface area (Å²) in [6, 6.07) is 1.66. The Hall–Kier alpha value is -2.55. The fourth-order valence-electron chi connectivity index (χ4n) is 3.23. The average Bonchev–Trinajstić information content (AvgIpc) is 3.05. The minimum Gasteiger partial charge on any atom is -0.496 e. The van der Waals surface area contributed by atoms with Crippen LogP contribution in [0.2, 0.25) is 0 Å². The highest BCUT2D eigenvalue weighted by Gasteiger charge is 2.19. The molecule has 6 nitrogen and oxygen atoms in total. The van der Waals surface area contributed by atoms with E-state index in [0.717, 1.165) is 11.1 Å². The number of nitrogens with one attached hydrogen (secondary N) is 1. The van der Waals surface area contributed by atoms with Gasteiger partial charge >= 0.3 is 6.61 Å². The second-order valence-electron chi connectivity index (χ2n) is 6.50. The molecule has 0 radical (unpaired) electrons. The van der Waals surface area contributed by atoms with Crippen molar-refractivity contribution < 1.29 is 22.5 Å². The van der Waals surface area contributed by atoms with Crippen LogP contribution in [0.3, 0.4) is 0 Å². The summed E-state index contributed by atoms with van der Waals surface area (Å²) in [5.74, 6) is 0.958. The van der Waals surface area contributed by atoms with Crippen molar-refractivity contribution in [2.45, 2.75) is 45.2 Å². The van der Waals surface area contributed by atoms with Gasteiger partial charge in [0.15, 0.2) is 5.16 Å². The van der Waals surface area contributed by atoms with E-state index in [4.69, 9.17) is 4.74 Å². The number of hydrogen-bond donors (Lipinski definition) is 1. The van der Waals surface area contributed by atoms with Crippen molar-refractivity contribution in [2.75, 3.05) is 7.11 Å². The predicted octanol–water partition coefficient (Wildman–Crippen LogP) is 4.11. The molecule has 1 unspecified atom stereocenters. The van der Waals surface area contributed by atoms with Crippen molar-refractivity contribution in [3.8, 4) is 11.5 Å². The van der Waals surface area contributed by atoms with Crippen molar-refractivity contribution in [2.24, 2.45) is 0 Å². The Labute approximate surface area is 163 Å². The highest BCUT2D eigenvalue weighted by molar-refractivity contribution is 7.84. The fourth-order valence-corrected chi connectivity index (χ4v) is 4.32. The normalized spacial score (nSPS) is 12.6. The van der Waals surface area contributed by atoms with Gasteiger partial charge in [0.25, 0.3) is 0 Å². The van der Waals surface area contributed by atoms with E-state index < -0.39 is 17.4 Å². The van der Waals surface area contributed by atoms with Crippen molar-refractivity contribution >= 4 is 21.8 Å². The van der Waals surface area contributed by atoms with Gasteiger partial charge in [-0.15, -0.1) is 0 Å². The van der Waals surface area contributed by atoms with E-state index in [1.165, 1.54) is 0 Å². The zero-order chi connectivity index (χ0) is 20.6. The van der Waals surface area contributed by atoms with Gasteiger partial charge in [-0.1, -0.05) is 0 Å². The molecular weight excluding hydrogens is 388 g/mol. The number of benzene rings is 1. The average molecular weight is 409 g/mol. The first-order valence-electron chi connectivity index (χ1n) is 8.55. The van der Waals surface area contributed by atoms with Gasteiger partial charge in [0.05, 0.1) is 40.4 Å². The van der Waals surface area contributed by atoms with Crippen molar-refractivity contribution in [1.82, 2.24) is 15.0 Å². The van der Waals surface area contributed by atoms with Crippen molar-refractivity contribution in [3.63, 3.8) is 0 Å². The van der Waals surface area contributed by atoms with Crippen molar-refractivity contribution in [3.05, 3.63) is 40.2 Å². The molecule has 0 saturated heterocycles. The van der Waals surface area contributed by atoms with E-state index >= 15 is 0 Å². The number of ether oxygens (including phenoxy) is 2. The zero-order valence-electron chi connectivity index (χ0n) is 16.2. The van der Waals surface area contributed by atoms with Gasteiger partial charge in [-0.25, -0.2) is 4.98 Å². The lowest BCUT2D eigenvalue weighted by molar-refractivity contribution is -0.0506. The smallest absolute Gasteiger partial charge is 0.387 e. The number of halogens is 2. The molecule has 150 valence electrons. The Bertz CT molecular complexity index is 1070. The molecule has 0 aliphatic carbocycles. The molecule has 0 bridgehead atoms. The van der Waals surface area contributed by atoms with Gasteiger partial charge in [0.2, 0.25) is 0 Å². The molecular formula is C19H21F2N3O3S. The van der Waals surface area contributed by atoms with E-state index in [-0.39, 0.29) is 16.7 Å². The molecule has 2 aromatic heterocycles. The van der Waals surface area contributed by atoms with Gasteiger partial charge in [-0.3, -0.25) is 9.19 Å². The van der Waals surface area contributed by atoms with Crippen LogP contribution < -0.4 is 9.47 Å². The first-order chi connectivity index (χ1) is 13.2. The number of imidazole rings is 1. The van der Waals surface area contributed by atoms with E-state index in [9.17, 15) is 13.0 Å². The summed E-state index contributed by atoms with van der Waals surface area (Å²) in [7, 11) is 0.0827. The monoisotopic (exact) mass is 409 g/mol. The lowest BCUT2D eigenvalue weighted by atomic mass is 10.1. The van der Waals surface area contributed by atoms with Crippen LogP contribution in [0.4, 0.5) is 8.78 Å². The summed E-state index contributed by atoms with van der Waals surface area (Å²) in [6.07, 6.45) is 1.68. The maximum atomic E-state index is 12.9. The van der Waals surface area contributed by atoms with Gasteiger partial charge in [-0.05, 0) is 39.3 Å². The Balaban J connectivity index is 1.96. The molecule has 3 rings (SSSR count). The maximum Gasteiger partial charge on any atom is 0.387 e. The largest absolute Gasteiger partial charge is 0.496 e. The van der Waals surface area contributed by atoms with E-state index in [0.29, 0.717) is 33.6 Å². The number of H-pyrrole nitrogens is 1. The number of fused-ring (bicyclic) bond motifs is 1. The molecule has 1 N–H and O–H groups in total. The number of nitrogens with zero attached hydrogens (tertiary/aromatic N) is 2. The number of rotatable bonds is 6. The van der Waals surface area contributed by atoms with Gasteiger partial charge < -0.3 is 14.5 Å². The standard InChI is InChI=1S/C19H21F2N3O3S/c1-9-6-13-15(12(4)17(9)27-18(20)21)24-19(23-13)28(25)8-14-11(3)16(26-5)10(2)7-22-14/h6-7,18H,8H2,1-5H3,(H,23,24). The SMILES string of the molecule is COc1c(C)cnc(CS(=O)c2nc3c(C)c(OC(F)F)c(C)cc3[nH]2)c1C. The summed E-state index contributed by atoms with van der Waals surface area (Å²) < 4.78 is 48.2. The number of aryl methyl sites for hydroxylation is 3. The zero-order valence-corrected chi connectivity index (χ0v) is 17.0. The summed E-state index contributed by atoms with van der Waals surface area (Å²) in [5.41, 5.74) is 4.47. The molecule has 3 aromatic rings. The van der Waals surface area contributed by atoms with Crippen LogP contribution in [-0.4, -0.2) is 32.9 Å². The molecule has 0 aliphatic rings. The molecule has 2 heterocycles. The van der Waals surface area contributed by atoms with Crippen LogP contribution in [-0.2, 0) is 16.6 Å². The van der Waals surface area contributed by atoms with Gasteiger partial charge in [-0.2, -0.15) is 8.78 Å². The third-order valence-corrected chi connectivity index (χ3v) is 5.73. The van der Waals surface area contributed by atoms with E-state index in [2.05, 4.69) is 19.7 Å². The minimum atomic E-state index is -2.92. The van der Waals surface area contributed by atoms with Gasteiger partial charge in [0, 0.05) is 22.9 Å². The molecule has 0 aliphatic heterocycles. The van der Waals surface area contributed by atoms with E-state index in [1.54, 1.807) is 33.2 Å². The summed E-state index contributed by atoms with van der Waals surface area (Å²) in [6.45, 7) is 4.16. The molecule has 1 atom stereocenters. The van der Waals surface area contributed by atoms with E-state index in [1.807, 2.05) is 13.8 Å². The van der Waals surface area contributed by atoms with Crippen LogP contribution in [0.5, 0.6) is 11.5 Å². The summed E-state index contributed by atoms with van der Waals surface area (Å²) in [4.78, 5) is 11.8. The highest BCUT2D eigenvalue weighted by Crippen LogP contribution is 2.32.